The van der Waals surface area contributed by atoms with Crippen LogP contribution in [0, 0.1) is 23.1 Å². The molecule has 0 aliphatic carbocycles. The SMILES string of the molecule is N#CCC1CCN(c2ccc(N3C[C@H](CNC(=O)C(F)(F)F)OC3=O)cc2F)CC1. The Morgan fingerprint density at radius 3 is 2.60 bits per heavy atom. The summed E-state index contributed by atoms with van der Waals surface area (Å²) in [6, 6.07) is 6.41. The normalized spacial score (nSPS) is 20.1. The molecule has 3 rings (SSSR count). The van der Waals surface area contributed by atoms with Crippen molar-refractivity contribution in [3.05, 3.63) is 24.0 Å². The molecular weight excluding hydrogens is 408 g/mol. The van der Waals surface area contributed by atoms with Gasteiger partial charge in [0.05, 0.1) is 30.5 Å². The number of nitriles is 1. The minimum absolute atomic E-state index is 0.116. The molecule has 1 atom stereocenters. The fourth-order valence-electron chi connectivity index (χ4n) is 3.57. The van der Waals surface area contributed by atoms with Crippen molar-refractivity contribution in [2.45, 2.75) is 31.5 Å². The van der Waals surface area contributed by atoms with Crippen molar-refractivity contribution in [3.8, 4) is 6.07 Å². The quantitative estimate of drug-likeness (QED) is 0.729. The number of hydrogen-bond acceptors (Lipinski definition) is 5. The van der Waals surface area contributed by atoms with Gasteiger partial charge < -0.3 is 15.0 Å². The smallest absolute Gasteiger partial charge is 0.442 e. The predicted octanol–water partition coefficient (Wildman–Crippen LogP) is 2.96. The molecule has 30 heavy (non-hydrogen) atoms. The molecule has 0 spiro atoms. The summed E-state index contributed by atoms with van der Waals surface area (Å²) in [5.41, 5.74) is 0.598. The average Bonchev–Trinajstić information content (AvgIpc) is 3.07. The van der Waals surface area contributed by atoms with E-state index in [1.165, 1.54) is 12.1 Å². The maximum absolute atomic E-state index is 14.7. The Balaban J connectivity index is 1.60. The zero-order valence-corrected chi connectivity index (χ0v) is 15.9. The second-order valence-corrected chi connectivity index (χ2v) is 7.25. The molecule has 2 heterocycles. The molecule has 1 N–H and O–H groups in total. The van der Waals surface area contributed by atoms with Crippen LogP contribution in [0.3, 0.4) is 0 Å². The van der Waals surface area contributed by atoms with Crippen LogP contribution in [0.4, 0.5) is 33.7 Å². The lowest BCUT2D eigenvalue weighted by Crippen LogP contribution is -2.41. The molecule has 2 aliphatic heterocycles. The molecule has 0 saturated carbocycles. The highest BCUT2D eigenvalue weighted by Crippen LogP contribution is 2.31. The number of nitrogens with one attached hydrogen (secondary N) is 1. The molecule has 2 fully saturated rings. The first-order chi connectivity index (χ1) is 14.2. The van der Waals surface area contributed by atoms with E-state index in [0.29, 0.717) is 31.1 Å². The zero-order chi connectivity index (χ0) is 21.9. The first kappa shape index (κ1) is 21.7. The lowest BCUT2D eigenvalue weighted by molar-refractivity contribution is -0.173. The molecule has 0 radical (unpaired) electrons. The molecule has 0 unspecified atom stereocenters. The molecule has 2 aliphatic rings. The van der Waals surface area contributed by atoms with Gasteiger partial charge in [0, 0.05) is 19.5 Å². The Hall–Kier alpha value is -3.03. The number of alkyl halides is 3. The topological polar surface area (TPSA) is 85.7 Å². The van der Waals surface area contributed by atoms with Crippen LogP contribution in [0.2, 0.25) is 0 Å². The summed E-state index contributed by atoms with van der Waals surface area (Å²) in [4.78, 5) is 25.9. The van der Waals surface area contributed by atoms with E-state index < -0.39 is 36.6 Å². The van der Waals surface area contributed by atoms with Crippen LogP contribution in [-0.4, -0.2) is 50.5 Å². The van der Waals surface area contributed by atoms with Crippen molar-refractivity contribution < 1.29 is 31.9 Å². The van der Waals surface area contributed by atoms with E-state index in [9.17, 15) is 27.2 Å². The number of piperidine rings is 1. The third-order valence-corrected chi connectivity index (χ3v) is 5.20. The van der Waals surface area contributed by atoms with Crippen molar-refractivity contribution in [2.24, 2.45) is 5.92 Å². The van der Waals surface area contributed by atoms with E-state index >= 15 is 0 Å². The summed E-state index contributed by atoms with van der Waals surface area (Å²) in [6.07, 6.45) is -4.77. The number of ether oxygens (including phenoxy) is 1. The van der Waals surface area contributed by atoms with Gasteiger partial charge in [-0.05, 0) is 37.0 Å². The standard InChI is InChI=1S/C19H20F4N4O3/c20-15-9-13(1-2-16(15)26-7-4-12(3-6-24)5-8-26)27-11-14(30-18(27)29)10-25-17(28)19(21,22)23/h1-2,9,12,14H,3-5,7-8,10-11H2,(H,25,28)/t14-/m0/s1. The number of amides is 2. The van der Waals surface area contributed by atoms with Crippen LogP contribution in [-0.2, 0) is 9.53 Å². The first-order valence-electron chi connectivity index (χ1n) is 9.43. The van der Waals surface area contributed by atoms with E-state index in [1.807, 2.05) is 4.90 Å². The van der Waals surface area contributed by atoms with Crippen LogP contribution in [0.15, 0.2) is 18.2 Å². The number of rotatable bonds is 5. The van der Waals surface area contributed by atoms with E-state index in [4.69, 9.17) is 10.00 Å². The van der Waals surface area contributed by atoms with Crippen molar-refractivity contribution >= 4 is 23.4 Å². The van der Waals surface area contributed by atoms with E-state index in [-0.39, 0.29) is 12.2 Å². The van der Waals surface area contributed by atoms with Gasteiger partial charge in [0.2, 0.25) is 0 Å². The largest absolute Gasteiger partial charge is 0.471 e. The van der Waals surface area contributed by atoms with E-state index in [2.05, 4.69) is 6.07 Å². The molecule has 7 nitrogen and oxygen atoms in total. The summed E-state index contributed by atoms with van der Waals surface area (Å²) in [5, 5.41) is 10.4. The highest BCUT2D eigenvalue weighted by Gasteiger charge is 2.40. The predicted molar refractivity (Wildman–Crippen MR) is 98.2 cm³/mol. The lowest BCUT2D eigenvalue weighted by Gasteiger charge is -2.33. The second kappa shape index (κ2) is 8.77. The van der Waals surface area contributed by atoms with E-state index in [0.717, 1.165) is 17.7 Å². The van der Waals surface area contributed by atoms with Crippen molar-refractivity contribution in [3.63, 3.8) is 0 Å². The molecule has 1 aromatic rings. The number of carbonyl (C=O) groups is 2. The van der Waals surface area contributed by atoms with Gasteiger partial charge in [-0.25, -0.2) is 9.18 Å². The number of cyclic esters (lactones) is 1. The monoisotopic (exact) mass is 428 g/mol. The number of nitrogens with zero attached hydrogens (tertiary/aromatic N) is 3. The van der Waals surface area contributed by atoms with Gasteiger partial charge in [0.1, 0.15) is 11.9 Å². The van der Waals surface area contributed by atoms with Crippen LogP contribution in [0.1, 0.15) is 19.3 Å². The van der Waals surface area contributed by atoms with Gasteiger partial charge in [0.15, 0.2) is 0 Å². The summed E-state index contributed by atoms with van der Waals surface area (Å²) in [5.74, 6) is -2.35. The van der Waals surface area contributed by atoms with Gasteiger partial charge >= 0.3 is 18.2 Å². The van der Waals surface area contributed by atoms with Crippen molar-refractivity contribution in [1.82, 2.24) is 5.32 Å². The number of halogens is 4. The van der Waals surface area contributed by atoms with Crippen LogP contribution < -0.4 is 15.1 Å². The minimum Gasteiger partial charge on any atom is -0.442 e. The second-order valence-electron chi connectivity index (χ2n) is 7.25. The van der Waals surface area contributed by atoms with Crippen LogP contribution in [0.5, 0.6) is 0 Å². The molecule has 1 aromatic carbocycles. The Morgan fingerprint density at radius 2 is 2.00 bits per heavy atom. The lowest BCUT2D eigenvalue weighted by atomic mass is 9.94. The molecule has 2 amide bonds. The highest BCUT2D eigenvalue weighted by atomic mass is 19.4. The number of benzene rings is 1. The summed E-state index contributed by atoms with van der Waals surface area (Å²) in [6.45, 7) is 0.624. The molecule has 2 saturated heterocycles. The highest BCUT2D eigenvalue weighted by molar-refractivity contribution is 5.90. The summed E-state index contributed by atoms with van der Waals surface area (Å²) in [7, 11) is 0. The number of carbonyl (C=O) groups excluding carboxylic acids is 2. The Kier molecular flexibility index (Phi) is 6.34. The molecule has 0 aromatic heterocycles. The van der Waals surface area contributed by atoms with Gasteiger partial charge in [-0.2, -0.15) is 18.4 Å². The fraction of sp³-hybridized carbons (Fsp3) is 0.526. The van der Waals surface area contributed by atoms with Gasteiger partial charge in [-0.1, -0.05) is 0 Å². The Morgan fingerprint density at radius 1 is 1.30 bits per heavy atom. The van der Waals surface area contributed by atoms with Gasteiger partial charge in [-0.15, -0.1) is 0 Å². The third kappa shape index (κ3) is 4.93. The average molecular weight is 428 g/mol. The third-order valence-electron chi connectivity index (χ3n) is 5.20. The fourth-order valence-corrected chi connectivity index (χ4v) is 3.57. The van der Waals surface area contributed by atoms with Gasteiger partial charge in [-0.3, -0.25) is 9.69 Å². The van der Waals surface area contributed by atoms with Crippen LogP contribution >= 0.6 is 0 Å². The zero-order valence-electron chi connectivity index (χ0n) is 15.9. The molecule has 11 heteroatoms. The van der Waals surface area contributed by atoms with E-state index in [1.54, 1.807) is 11.4 Å². The number of hydrogen-bond donors (Lipinski definition) is 1. The maximum atomic E-state index is 14.7. The van der Waals surface area contributed by atoms with Gasteiger partial charge in [0.25, 0.3) is 0 Å². The summed E-state index contributed by atoms with van der Waals surface area (Å²) >= 11 is 0. The molecule has 0 bridgehead atoms. The minimum atomic E-state index is -5.02. The summed E-state index contributed by atoms with van der Waals surface area (Å²) < 4.78 is 56.4. The first-order valence-corrected chi connectivity index (χ1v) is 9.43. The Labute approximate surface area is 170 Å². The molecule has 162 valence electrons. The van der Waals surface area contributed by atoms with Crippen molar-refractivity contribution in [2.75, 3.05) is 36.0 Å². The van der Waals surface area contributed by atoms with Crippen molar-refractivity contribution in [1.29, 1.82) is 5.26 Å². The Bertz CT molecular complexity index is 847. The number of anilines is 2. The maximum Gasteiger partial charge on any atom is 0.471 e. The molecular formula is C19H20F4N4O3. The van der Waals surface area contributed by atoms with Crippen LogP contribution in [0.25, 0.3) is 0 Å².